The van der Waals surface area contributed by atoms with Crippen LogP contribution in [0.5, 0.6) is 0 Å². The van der Waals surface area contributed by atoms with Gasteiger partial charge in [-0.2, -0.15) is 0 Å². The van der Waals surface area contributed by atoms with Crippen molar-refractivity contribution in [1.29, 1.82) is 0 Å². The Morgan fingerprint density at radius 2 is 1.65 bits per heavy atom. The van der Waals surface area contributed by atoms with Gasteiger partial charge in [0, 0.05) is 16.3 Å². The molecule has 226 valence electrons. The molecule has 0 N–H and O–H groups in total. The average molecular weight is 667 g/mol. The SMILES string of the molecule is O=C1c2oc3ccc(F)cc3c(=O)c2C2(C(=O)N(Cc3ccc(Cl)cc3)c3ccccc32)N1c1nnc(SCc2ccccc2)s1. The van der Waals surface area contributed by atoms with E-state index in [9.17, 15) is 14.0 Å². The number of anilines is 2. The standard InChI is InChI=1S/C34H20ClFN4O4S2/c35-21-12-10-19(11-13-21)17-39-25-9-5-4-8-24(25)34(31(39)43)27-28(41)23-16-22(36)14-15-26(23)44-29(27)30(42)40(34)32-37-38-33(46-32)45-18-20-6-2-1-3-7-20/h1-16H,17-18H2. The maximum atomic E-state index is 15.0. The highest BCUT2D eigenvalue weighted by Crippen LogP contribution is 2.55. The molecule has 2 aliphatic heterocycles. The lowest BCUT2D eigenvalue weighted by atomic mass is 9.84. The van der Waals surface area contributed by atoms with Gasteiger partial charge in [0.15, 0.2) is 15.3 Å². The number of fused-ring (bicyclic) bond motifs is 5. The van der Waals surface area contributed by atoms with Gasteiger partial charge in [0.1, 0.15) is 11.4 Å². The minimum Gasteiger partial charge on any atom is -0.450 e. The van der Waals surface area contributed by atoms with Gasteiger partial charge < -0.3 is 9.32 Å². The van der Waals surface area contributed by atoms with Crippen LogP contribution in [0.3, 0.4) is 0 Å². The number of thioether (sulfide) groups is 1. The number of carbonyl (C=O) groups excluding carboxylic acids is 2. The van der Waals surface area contributed by atoms with Gasteiger partial charge in [-0.3, -0.25) is 19.3 Å². The predicted octanol–water partition coefficient (Wildman–Crippen LogP) is 7.18. The number of rotatable bonds is 6. The Morgan fingerprint density at radius 3 is 2.46 bits per heavy atom. The van der Waals surface area contributed by atoms with Crippen LogP contribution in [0.1, 0.15) is 32.8 Å². The van der Waals surface area contributed by atoms with Crippen LogP contribution >= 0.6 is 34.7 Å². The van der Waals surface area contributed by atoms with E-state index in [2.05, 4.69) is 10.2 Å². The minimum absolute atomic E-state index is 0.0311. The summed E-state index contributed by atoms with van der Waals surface area (Å²) in [5.74, 6) is -1.60. The molecular weight excluding hydrogens is 647 g/mol. The number of hydrogen-bond acceptors (Lipinski definition) is 8. The average Bonchev–Trinajstić information content (AvgIpc) is 3.71. The van der Waals surface area contributed by atoms with Crippen molar-refractivity contribution >= 4 is 68.3 Å². The molecule has 0 aliphatic carbocycles. The van der Waals surface area contributed by atoms with E-state index in [-0.39, 0.29) is 34.0 Å². The van der Waals surface area contributed by atoms with Gasteiger partial charge in [0.2, 0.25) is 10.9 Å². The van der Waals surface area contributed by atoms with E-state index in [0.717, 1.165) is 34.6 Å². The smallest absolute Gasteiger partial charge is 0.297 e. The molecular formula is C34H20ClFN4O4S2. The van der Waals surface area contributed by atoms with E-state index in [1.54, 1.807) is 48.5 Å². The van der Waals surface area contributed by atoms with Crippen LogP contribution in [0.4, 0.5) is 15.2 Å². The lowest BCUT2D eigenvalue weighted by Gasteiger charge is -2.32. The van der Waals surface area contributed by atoms with Gasteiger partial charge in [-0.15, -0.1) is 10.2 Å². The zero-order valence-electron chi connectivity index (χ0n) is 23.6. The van der Waals surface area contributed by atoms with Crippen molar-refractivity contribution in [2.75, 3.05) is 9.80 Å². The molecule has 1 atom stereocenters. The van der Waals surface area contributed by atoms with E-state index < -0.39 is 28.6 Å². The fraction of sp³-hybridized carbons (Fsp3) is 0.0882. The third-order valence-corrected chi connectivity index (χ3v) is 10.5. The Hall–Kier alpha value is -4.84. The van der Waals surface area contributed by atoms with Crippen molar-refractivity contribution in [2.45, 2.75) is 22.2 Å². The van der Waals surface area contributed by atoms with Crippen LogP contribution in [0.25, 0.3) is 11.0 Å². The molecule has 2 aromatic heterocycles. The molecule has 4 aromatic carbocycles. The van der Waals surface area contributed by atoms with Crippen molar-refractivity contribution in [1.82, 2.24) is 10.2 Å². The molecule has 2 amide bonds. The van der Waals surface area contributed by atoms with Crippen molar-refractivity contribution in [2.24, 2.45) is 0 Å². The molecule has 0 saturated carbocycles. The second-order valence-corrected chi connectivity index (χ2v) is 13.4. The maximum absolute atomic E-state index is 15.0. The monoisotopic (exact) mass is 666 g/mol. The summed E-state index contributed by atoms with van der Waals surface area (Å²) in [5.41, 5.74) is -0.0269. The van der Waals surface area contributed by atoms with Crippen molar-refractivity contribution in [3.8, 4) is 0 Å². The number of halogens is 2. The Bertz CT molecular complexity index is 2260. The zero-order valence-corrected chi connectivity index (χ0v) is 26.0. The predicted molar refractivity (Wildman–Crippen MR) is 175 cm³/mol. The van der Waals surface area contributed by atoms with Gasteiger partial charge in [0.25, 0.3) is 11.8 Å². The summed E-state index contributed by atoms with van der Waals surface area (Å²) in [5, 5.41) is 9.29. The topological polar surface area (TPSA) is 96.6 Å². The molecule has 0 bridgehead atoms. The Balaban J connectivity index is 1.33. The highest BCUT2D eigenvalue weighted by atomic mass is 35.5. The quantitative estimate of drug-likeness (QED) is 0.137. The largest absolute Gasteiger partial charge is 0.450 e. The third-order valence-electron chi connectivity index (χ3n) is 8.13. The van der Waals surface area contributed by atoms with E-state index in [1.807, 2.05) is 30.3 Å². The van der Waals surface area contributed by atoms with E-state index in [0.29, 0.717) is 26.4 Å². The summed E-state index contributed by atoms with van der Waals surface area (Å²) in [6.07, 6.45) is 0. The molecule has 8 rings (SSSR count). The number of para-hydroxylation sites is 1. The summed E-state index contributed by atoms with van der Waals surface area (Å²) in [4.78, 5) is 46.6. The molecule has 2 aliphatic rings. The Morgan fingerprint density at radius 1 is 0.891 bits per heavy atom. The van der Waals surface area contributed by atoms with Gasteiger partial charge in [-0.25, -0.2) is 4.39 Å². The second kappa shape index (κ2) is 10.9. The summed E-state index contributed by atoms with van der Waals surface area (Å²) < 4.78 is 21.1. The number of nitrogens with zero attached hydrogens (tertiary/aromatic N) is 4. The first-order valence-corrected chi connectivity index (χ1v) is 16.3. The van der Waals surface area contributed by atoms with Crippen LogP contribution in [0.15, 0.2) is 111 Å². The van der Waals surface area contributed by atoms with Gasteiger partial charge in [-0.1, -0.05) is 95.4 Å². The normalized spacial score (nSPS) is 16.9. The summed E-state index contributed by atoms with van der Waals surface area (Å²) in [6, 6.07) is 27.4. The molecule has 1 unspecified atom stereocenters. The molecule has 46 heavy (non-hydrogen) atoms. The number of benzene rings is 4. The molecule has 0 radical (unpaired) electrons. The molecule has 12 heteroatoms. The molecule has 0 saturated heterocycles. The molecule has 1 spiro atoms. The number of carbonyl (C=O) groups is 2. The summed E-state index contributed by atoms with van der Waals surface area (Å²) in [7, 11) is 0. The van der Waals surface area contributed by atoms with Crippen LogP contribution in [-0.4, -0.2) is 22.0 Å². The van der Waals surface area contributed by atoms with E-state index >= 15 is 4.79 Å². The number of aromatic nitrogens is 2. The second-order valence-electron chi connectivity index (χ2n) is 10.8. The van der Waals surface area contributed by atoms with Crippen molar-refractivity contribution in [3.63, 3.8) is 0 Å². The first-order chi connectivity index (χ1) is 22.4. The lowest BCUT2D eigenvalue weighted by molar-refractivity contribution is -0.121. The lowest BCUT2D eigenvalue weighted by Crippen LogP contribution is -2.53. The number of hydrogen-bond donors (Lipinski definition) is 0. The van der Waals surface area contributed by atoms with Crippen LogP contribution < -0.4 is 15.2 Å². The summed E-state index contributed by atoms with van der Waals surface area (Å²) >= 11 is 8.70. The summed E-state index contributed by atoms with van der Waals surface area (Å²) in [6.45, 7) is 0.133. The maximum Gasteiger partial charge on any atom is 0.297 e. The molecule has 4 heterocycles. The minimum atomic E-state index is -1.97. The van der Waals surface area contributed by atoms with Crippen molar-refractivity contribution in [3.05, 3.63) is 146 Å². The Labute approximate surface area is 274 Å². The van der Waals surface area contributed by atoms with E-state index in [4.69, 9.17) is 16.0 Å². The number of amides is 2. The van der Waals surface area contributed by atoms with Gasteiger partial charge in [-0.05, 0) is 47.5 Å². The van der Waals surface area contributed by atoms with Crippen molar-refractivity contribution < 1.29 is 18.4 Å². The van der Waals surface area contributed by atoms with Crippen LogP contribution in [0, 0.1) is 5.82 Å². The van der Waals surface area contributed by atoms with E-state index in [1.165, 1.54) is 27.6 Å². The first kappa shape index (κ1) is 28.6. The highest BCUT2D eigenvalue weighted by Gasteiger charge is 2.66. The molecule has 6 aromatic rings. The first-order valence-electron chi connectivity index (χ1n) is 14.1. The van der Waals surface area contributed by atoms with Gasteiger partial charge >= 0.3 is 0 Å². The van der Waals surface area contributed by atoms with Crippen LogP contribution in [-0.2, 0) is 22.6 Å². The fourth-order valence-corrected chi connectivity index (χ4v) is 8.11. The molecule has 0 fully saturated rings. The highest BCUT2D eigenvalue weighted by molar-refractivity contribution is 8.00. The van der Waals surface area contributed by atoms with Gasteiger partial charge in [0.05, 0.1) is 23.2 Å². The Kier molecular flexibility index (Phi) is 6.78. The third kappa shape index (κ3) is 4.30. The zero-order chi connectivity index (χ0) is 31.6. The fourth-order valence-electron chi connectivity index (χ4n) is 6.14. The molecule has 8 nitrogen and oxygen atoms in total. The van der Waals surface area contributed by atoms with Crippen LogP contribution in [0.2, 0.25) is 5.02 Å².